The van der Waals surface area contributed by atoms with Gasteiger partial charge < -0.3 is 15.1 Å². The number of hydrogen-bond donors (Lipinski definition) is 1. The minimum absolute atomic E-state index is 0.0491. The summed E-state index contributed by atoms with van der Waals surface area (Å²) in [5.74, 6) is -0.150. The van der Waals surface area contributed by atoms with E-state index in [2.05, 4.69) is 22.3 Å². The molecule has 2 aromatic carbocycles. The van der Waals surface area contributed by atoms with Crippen LogP contribution in [0.3, 0.4) is 0 Å². The van der Waals surface area contributed by atoms with Crippen molar-refractivity contribution >= 4 is 33.2 Å². The molecule has 0 radical (unpaired) electrons. The highest BCUT2D eigenvalue weighted by Gasteiger charge is 2.41. The number of amides is 2. The molecule has 2 fully saturated rings. The molecule has 3 aliphatic rings. The molecule has 5 rings (SSSR count). The van der Waals surface area contributed by atoms with Crippen LogP contribution in [-0.2, 0) is 26.0 Å². The van der Waals surface area contributed by atoms with E-state index in [9.17, 15) is 18.0 Å². The molecule has 2 amide bonds. The van der Waals surface area contributed by atoms with E-state index in [1.165, 1.54) is 10.4 Å². The molecule has 0 aliphatic carbocycles. The molecule has 9 heteroatoms. The first-order valence-corrected chi connectivity index (χ1v) is 13.4. The number of hydrogen-bond acceptors (Lipinski definition) is 5. The van der Waals surface area contributed by atoms with E-state index in [1.54, 1.807) is 12.1 Å². The van der Waals surface area contributed by atoms with Gasteiger partial charge in [-0.2, -0.15) is 4.31 Å². The Morgan fingerprint density at radius 2 is 1.68 bits per heavy atom. The van der Waals surface area contributed by atoms with Crippen LogP contribution in [-0.4, -0.2) is 68.2 Å². The van der Waals surface area contributed by atoms with Crippen molar-refractivity contribution in [1.82, 2.24) is 9.21 Å². The number of carbonyl (C=O) groups is 2. The number of nitrogens with zero attached hydrogens (tertiary/aromatic N) is 3. The van der Waals surface area contributed by atoms with E-state index in [1.807, 2.05) is 23.1 Å². The molecular weight excluding hydrogens is 452 g/mol. The quantitative estimate of drug-likeness (QED) is 0.723. The number of piperazine rings is 1. The summed E-state index contributed by atoms with van der Waals surface area (Å²) in [5.41, 5.74) is 2.64. The lowest BCUT2D eigenvalue weighted by Gasteiger charge is -2.38. The topological polar surface area (TPSA) is 90.0 Å². The second-order valence-corrected chi connectivity index (χ2v) is 11.0. The Morgan fingerprint density at radius 1 is 0.912 bits per heavy atom. The largest absolute Gasteiger partial charge is 0.368 e. The van der Waals surface area contributed by atoms with Crippen LogP contribution in [0.15, 0.2) is 53.4 Å². The molecule has 2 aromatic rings. The molecule has 0 bridgehead atoms. The van der Waals surface area contributed by atoms with Gasteiger partial charge in [0, 0.05) is 50.5 Å². The van der Waals surface area contributed by atoms with Crippen LogP contribution < -0.4 is 10.2 Å². The summed E-state index contributed by atoms with van der Waals surface area (Å²) >= 11 is 0. The molecular formula is C25H30N4O4S. The van der Waals surface area contributed by atoms with Gasteiger partial charge >= 0.3 is 0 Å². The molecule has 8 nitrogen and oxygen atoms in total. The Morgan fingerprint density at radius 3 is 2.44 bits per heavy atom. The maximum atomic E-state index is 13.6. The standard InChI is InChI=1S/C25H30N4O4S/c30-24-10-4-6-19-18-21(11-12-22(19)26-24)34(32,33)29-13-5-9-23(29)25(31)28-16-14-27(15-17-28)20-7-2-1-3-8-20/h1-3,7-8,11-12,18,23H,4-6,9-10,13-17H2,(H,26,30)/t23-/m0/s1. The van der Waals surface area contributed by atoms with Gasteiger partial charge in [0.1, 0.15) is 6.04 Å². The first-order chi connectivity index (χ1) is 16.4. The number of para-hydroxylation sites is 1. The van der Waals surface area contributed by atoms with Crippen molar-refractivity contribution in [3.8, 4) is 0 Å². The van der Waals surface area contributed by atoms with Crippen LogP contribution >= 0.6 is 0 Å². The van der Waals surface area contributed by atoms with Gasteiger partial charge in [0.15, 0.2) is 0 Å². The summed E-state index contributed by atoms with van der Waals surface area (Å²) in [7, 11) is -3.82. The first kappa shape index (κ1) is 22.9. The van der Waals surface area contributed by atoms with Gasteiger partial charge in [-0.25, -0.2) is 8.42 Å². The molecule has 1 atom stereocenters. The highest BCUT2D eigenvalue weighted by atomic mass is 32.2. The fourth-order valence-electron chi connectivity index (χ4n) is 5.16. The van der Waals surface area contributed by atoms with Gasteiger partial charge in [-0.05, 0) is 61.6 Å². The van der Waals surface area contributed by atoms with Crippen molar-refractivity contribution in [1.29, 1.82) is 0 Å². The molecule has 0 saturated carbocycles. The van der Waals surface area contributed by atoms with Gasteiger partial charge in [-0.3, -0.25) is 9.59 Å². The Labute approximate surface area is 200 Å². The highest BCUT2D eigenvalue weighted by Crippen LogP contribution is 2.31. The molecule has 0 unspecified atom stereocenters. The lowest BCUT2D eigenvalue weighted by Crippen LogP contribution is -2.54. The number of anilines is 2. The Kier molecular flexibility index (Phi) is 6.31. The molecule has 0 aromatic heterocycles. The third-order valence-electron chi connectivity index (χ3n) is 7.01. The Bertz CT molecular complexity index is 1180. The molecule has 3 heterocycles. The second kappa shape index (κ2) is 9.38. The van der Waals surface area contributed by atoms with Crippen molar-refractivity contribution in [3.63, 3.8) is 0 Å². The SMILES string of the molecule is O=C1CCCc2cc(S(=O)(=O)N3CCC[C@H]3C(=O)N3CCN(c4ccccc4)CC3)ccc2N1. The van der Waals surface area contributed by atoms with Crippen molar-refractivity contribution < 1.29 is 18.0 Å². The predicted octanol–water partition coefficient (Wildman–Crippen LogP) is 2.46. The van der Waals surface area contributed by atoms with E-state index in [-0.39, 0.29) is 16.7 Å². The fraction of sp³-hybridized carbons (Fsp3) is 0.440. The van der Waals surface area contributed by atoms with Crippen LogP contribution in [0.2, 0.25) is 0 Å². The van der Waals surface area contributed by atoms with Crippen LogP contribution in [0, 0.1) is 0 Å². The molecule has 0 spiro atoms. The summed E-state index contributed by atoms with van der Waals surface area (Å²) in [6, 6.07) is 14.3. The van der Waals surface area contributed by atoms with Gasteiger partial charge in [-0.1, -0.05) is 18.2 Å². The first-order valence-electron chi connectivity index (χ1n) is 12.0. The van der Waals surface area contributed by atoms with Crippen molar-refractivity contribution in [2.45, 2.75) is 43.0 Å². The maximum absolute atomic E-state index is 13.6. The number of carbonyl (C=O) groups excluding carboxylic acids is 2. The molecule has 3 aliphatic heterocycles. The third-order valence-corrected chi connectivity index (χ3v) is 8.91. The lowest BCUT2D eigenvalue weighted by atomic mass is 10.1. The normalized spacial score (nSPS) is 21.6. The maximum Gasteiger partial charge on any atom is 0.243 e. The summed E-state index contributed by atoms with van der Waals surface area (Å²) in [6.07, 6.45) is 2.96. The number of sulfonamides is 1. The van der Waals surface area contributed by atoms with E-state index in [0.29, 0.717) is 57.4 Å². The lowest BCUT2D eigenvalue weighted by molar-refractivity contribution is -0.134. The van der Waals surface area contributed by atoms with E-state index in [0.717, 1.165) is 24.3 Å². The highest BCUT2D eigenvalue weighted by molar-refractivity contribution is 7.89. The van der Waals surface area contributed by atoms with Crippen molar-refractivity contribution in [2.24, 2.45) is 0 Å². The Balaban J connectivity index is 1.30. The summed E-state index contributed by atoms with van der Waals surface area (Å²) < 4.78 is 28.5. The smallest absolute Gasteiger partial charge is 0.243 e. The summed E-state index contributed by atoms with van der Waals surface area (Å²) in [5, 5.41) is 2.84. The minimum Gasteiger partial charge on any atom is -0.368 e. The molecule has 34 heavy (non-hydrogen) atoms. The Hall–Kier alpha value is -2.91. The van der Waals surface area contributed by atoms with Crippen LogP contribution in [0.25, 0.3) is 0 Å². The third kappa shape index (κ3) is 4.42. The number of aryl methyl sites for hydroxylation is 1. The average molecular weight is 483 g/mol. The molecule has 1 N–H and O–H groups in total. The van der Waals surface area contributed by atoms with Crippen LogP contribution in [0.5, 0.6) is 0 Å². The predicted molar refractivity (Wildman–Crippen MR) is 130 cm³/mol. The van der Waals surface area contributed by atoms with E-state index >= 15 is 0 Å². The average Bonchev–Trinajstić information content (AvgIpc) is 3.28. The molecule has 180 valence electrons. The minimum atomic E-state index is -3.82. The van der Waals surface area contributed by atoms with Gasteiger partial charge in [-0.15, -0.1) is 0 Å². The number of fused-ring (bicyclic) bond motifs is 1. The number of nitrogens with one attached hydrogen (secondary N) is 1. The van der Waals surface area contributed by atoms with Crippen LogP contribution in [0.4, 0.5) is 11.4 Å². The fourth-order valence-corrected chi connectivity index (χ4v) is 6.86. The van der Waals surface area contributed by atoms with E-state index < -0.39 is 16.1 Å². The zero-order valence-corrected chi connectivity index (χ0v) is 20.0. The monoisotopic (exact) mass is 482 g/mol. The molecule has 2 saturated heterocycles. The number of rotatable bonds is 4. The van der Waals surface area contributed by atoms with Crippen molar-refractivity contribution in [3.05, 3.63) is 54.1 Å². The number of benzene rings is 2. The van der Waals surface area contributed by atoms with Crippen molar-refractivity contribution in [2.75, 3.05) is 42.9 Å². The summed E-state index contributed by atoms with van der Waals surface area (Å²) in [6.45, 7) is 2.96. The summed E-state index contributed by atoms with van der Waals surface area (Å²) in [4.78, 5) is 29.5. The van der Waals surface area contributed by atoms with E-state index in [4.69, 9.17) is 0 Å². The zero-order chi connectivity index (χ0) is 23.7. The van der Waals surface area contributed by atoms with Gasteiger partial charge in [0.05, 0.1) is 4.90 Å². The van der Waals surface area contributed by atoms with Crippen LogP contribution in [0.1, 0.15) is 31.2 Å². The second-order valence-electron chi connectivity index (χ2n) is 9.14. The van der Waals surface area contributed by atoms with Gasteiger partial charge in [0.2, 0.25) is 21.8 Å². The van der Waals surface area contributed by atoms with Gasteiger partial charge in [0.25, 0.3) is 0 Å². The zero-order valence-electron chi connectivity index (χ0n) is 19.2.